The molecule has 1 aromatic heterocycles. The van der Waals surface area contributed by atoms with Gasteiger partial charge in [0.15, 0.2) is 0 Å². The number of aromatic nitrogens is 1. The predicted octanol–water partition coefficient (Wildman–Crippen LogP) is 0.719. The third-order valence-electron chi connectivity index (χ3n) is 4.52. The fourth-order valence-electron chi connectivity index (χ4n) is 3.01. The van der Waals surface area contributed by atoms with Crippen LogP contribution in [-0.2, 0) is 17.8 Å². The average molecular weight is 388 g/mol. The maximum atomic E-state index is 12.4. The van der Waals surface area contributed by atoms with E-state index in [0.29, 0.717) is 31.7 Å². The molecule has 0 spiro atoms. The summed E-state index contributed by atoms with van der Waals surface area (Å²) in [6.07, 6.45) is 0.657. The van der Waals surface area contributed by atoms with Gasteiger partial charge in [-0.05, 0) is 12.1 Å². The third-order valence-corrected chi connectivity index (χ3v) is 5.43. The summed E-state index contributed by atoms with van der Waals surface area (Å²) in [6, 6.07) is 10.3. The molecule has 1 aliphatic rings. The molecule has 8 heteroatoms. The smallest absolute Gasteiger partial charge is 0.271 e. The van der Waals surface area contributed by atoms with Gasteiger partial charge in [0.05, 0.1) is 11.6 Å². The summed E-state index contributed by atoms with van der Waals surface area (Å²) in [6.45, 7) is 4.43. The molecule has 0 saturated carbocycles. The molecule has 2 heterocycles. The molecule has 3 rings (SSSR count). The number of hydrogen-bond acceptors (Lipinski definition) is 6. The number of nitrogens with zero attached hydrogens (tertiary/aromatic N) is 3. The Labute approximate surface area is 163 Å². The van der Waals surface area contributed by atoms with Gasteiger partial charge in [-0.2, -0.15) is 0 Å². The van der Waals surface area contributed by atoms with E-state index in [-0.39, 0.29) is 18.4 Å². The average Bonchev–Trinajstić information content (AvgIpc) is 3.16. The first-order valence-electron chi connectivity index (χ1n) is 9.12. The van der Waals surface area contributed by atoms with Crippen molar-refractivity contribution in [1.29, 1.82) is 0 Å². The van der Waals surface area contributed by atoms with Gasteiger partial charge in [0, 0.05) is 44.5 Å². The van der Waals surface area contributed by atoms with Crippen molar-refractivity contribution in [2.45, 2.75) is 13.0 Å². The standard InChI is InChI=1S/C19H25N5O2S/c20-7-6-17-22-16(14-27-17)19(26)21-12-18(25)24-10-8-23(9-11-24)13-15-4-2-1-3-5-15/h1-5,14H,6-13,20H2,(H,21,26). The van der Waals surface area contributed by atoms with Crippen LogP contribution in [0.4, 0.5) is 0 Å². The second-order valence-corrected chi connectivity index (χ2v) is 7.43. The topological polar surface area (TPSA) is 91.6 Å². The fraction of sp³-hybridized carbons (Fsp3) is 0.421. The van der Waals surface area contributed by atoms with Crippen molar-refractivity contribution in [3.8, 4) is 0 Å². The van der Waals surface area contributed by atoms with E-state index < -0.39 is 0 Å². The van der Waals surface area contributed by atoms with E-state index in [4.69, 9.17) is 5.73 Å². The largest absolute Gasteiger partial charge is 0.342 e. The Morgan fingerprint density at radius 1 is 1.15 bits per heavy atom. The molecule has 0 bridgehead atoms. The van der Waals surface area contributed by atoms with Crippen LogP contribution in [0, 0.1) is 0 Å². The van der Waals surface area contributed by atoms with Gasteiger partial charge in [-0.15, -0.1) is 11.3 Å². The number of hydrogen-bond donors (Lipinski definition) is 2. The van der Waals surface area contributed by atoms with Gasteiger partial charge < -0.3 is 16.0 Å². The number of nitrogens with two attached hydrogens (primary N) is 1. The SMILES string of the molecule is NCCc1nc(C(=O)NCC(=O)N2CCN(Cc3ccccc3)CC2)cs1. The van der Waals surface area contributed by atoms with Crippen LogP contribution in [0.15, 0.2) is 35.7 Å². The second kappa shape index (κ2) is 9.59. The van der Waals surface area contributed by atoms with Crippen LogP contribution in [-0.4, -0.2) is 65.9 Å². The van der Waals surface area contributed by atoms with E-state index in [1.807, 2.05) is 23.1 Å². The first kappa shape index (κ1) is 19.5. The Morgan fingerprint density at radius 2 is 1.89 bits per heavy atom. The summed E-state index contributed by atoms with van der Waals surface area (Å²) in [4.78, 5) is 32.9. The molecule has 1 aromatic carbocycles. The Hall–Kier alpha value is -2.29. The maximum Gasteiger partial charge on any atom is 0.271 e. The van der Waals surface area contributed by atoms with E-state index in [2.05, 4.69) is 27.3 Å². The quantitative estimate of drug-likeness (QED) is 0.730. The molecule has 0 aliphatic carbocycles. The predicted molar refractivity (Wildman–Crippen MR) is 106 cm³/mol. The maximum absolute atomic E-state index is 12.4. The lowest BCUT2D eigenvalue weighted by Gasteiger charge is -2.34. The minimum Gasteiger partial charge on any atom is -0.342 e. The first-order valence-corrected chi connectivity index (χ1v) is 10.0. The number of nitrogens with one attached hydrogen (secondary N) is 1. The number of carbonyl (C=O) groups excluding carboxylic acids is 2. The van der Waals surface area contributed by atoms with Crippen molar-refractivity contribution in [3.63, 3.8) is 0 Å². The summed E-state index contributed by atoms with van der Waals surface area (Å²) < 4.78 is 0. The zero-order valence-corrected chi connectivity index (χ0v) is 16.1. The molecule has 7 nitrogen and oxygen atoms in total. The number of thiazole rings is 1. The third kappa shape index (κ3) is 5.59. The molecule has 144 valence electrons. The molecular weight excluding hydrogens is 362 g/mol. The van der Waals surface area contributed by atoms with Crippen molar-refractivity contribution < 1.29 is 9.59 Å². The van der Waals surface area contributed by atoms with Gasteiger partial charge in [0.1, 0.15) is 5.69 Å². The number of amides is 2. The van der Waals surface area contributed by atoms with Crippen LogP contribution >= 0.6 is 11.3 Å². The summed E-state index contributed by atoms with van der Waals surface area (Å²) >= 11 is 1.41. The Morgan fingerprint density at radius 3 is 2.59 bits per heavy atom. The summed E-state index contributed by atoms with van der Waals surface area (Å²) in [7, 11) is 0. The molecule has 0 radical (unpaired) electrons. The highest BCUT2D eigenvalue weighted by Gasteiger charge is 2.21. The minimum atomic E-state index is -0.314. The van der Waals surface area contributed by atoms with E-state index in [1.54, 1.807) is 5.38 Å². The molecule has 0 atom stereocenters. The lowest BCUT2D eigenvalue weighted by molar-refractivity contribution is -0.131. The normalized spacial score (nSPS) is 14.9. The molecule has 27 heavy (non-hydrogen) atoms. The van der Waals surface area contributed by atoms with Crippen molar-refractivity contribution >= 4 is 23.2 Å². The fourth-order valence-corrected chi connectivity index (χ4v) is 3.80. The van der Waals surface area contributed by atoms with Crippen LogP contribution in [0.1, 0.15) is 21.1 Å². The van der Waals surface area contributed by atoms with E-state index in [0.717, 1.165) is 24.6 Å². The molecule has 1 saturated heterocycles. The Bertz CT molecular complexity index is 756. The van der Waals surface area contributed by atoms with Crippen molar-refractivity contribution in [2.24, 2.45) is 5.73 Å². The molecule has 1 aliphatic heterocycles. The van der Waals surface area contributed by atoms with Crippen molar-refractivity contribution in [1.82, 2.24) is 20.1 Å². The van der Waals surface area contributed by atoms with Gasteiger partial charge in [-0.25, -0.2) is 4.98 Å². The number of piperazine rings is 1. The van der Waals surface area contributed by atoms with Crippen LogP contribution in [0.3, 0.4) is 0 Å². The van der Waals surface area contributed by atoms with Crippen molar-refractivity contribution in [3.05, 3.63) is 52.0 Å². The number of rotatable bonds is 7. The molecule has 1 fully saturated rings. The second-order valence-electron chi connectivity index (χ2n) is 6.49. The van der Waals surface area contributed by atoms with Crippen LogP contribution < -0.4 is 11.1 Å². The van der Waals surface area contributed by atoms with E-state index in [9.17, 15) is 9.59 Å². The lowest BCUT2D eigenvalue weighted by atomic mass is 10.2. The van der Waals surface area contributed by atoms with Crippen LogP contribution in [0.2, 0.25) is 0 Å². The molecule has 3 N–H and O–H groups in total. The highest BCUT2D eigenvalue weighted by Crippen LogP contribution is 2.10. The Kier molecular flexibility index (Phi) is 6.92. The number of benzene rings is 1. The van der Waals surface area contributed by atoms with Crippen molar-refractivity contribution in [2.75, 3.05) is 39.3 Å². The van der Waals surface area contributed by atoms with Crippen LogP contribution in [0.25, 0.3) is 0 Å². The zero-order valence-electron chi connectivity index (χ0n) is 15.3. The molecular formula is C19H25N5O2S. The molecule has 2 amide bonds. The van der Waals surface area contributed by atoms with E-state index >= 15 is 0 Å². The van der Waals surface area contributed by atoms with Gasteiger partial charge in [-0.3, -0.25) is 14.5 Å². The molecule has 0 unspecified atom stereocenters. The minimum absolute atomic E-state index is 0.00126. The van der Waals surface area contributed by atoms with Crippen LogP contribution in [0.5, 0.6) is 0 Å². The first-order chi connectivity index (χ1) is 13.2. The summed E-state index contributed by atoms with van der Waals surface area (Å²) in [5.41, 5.74) is 7.12. The highest BCUT2D eigenvalue weighted by molar-refractivity contribution is 7.09. The number of carbonyl (C=O) groups is 2. The van der Waals surface area contributed by atoms with Gasteiger partial charge in [0.2, 0.25) is 5.91 Å². The zero-order chi connectivity index (χ0) is 19.1. The van der Waals surface area contributed by atoms with Gasteiger partial charge >= 0.3 is 0 Å². The van der Waals surface area contributed by atoms with Gasteiger partial charge in [0.25, 0.3) is 5.91 Å². The van der Waals surface area contributed by atoms with Gasteiger partial charge in [-0.1, -0.05) is 30.3 Å². The highest BCUT2D eigenvalue weighted by atomic mass is 32.1. The monoisotopic (exact) mass is 387 g/mol. The molecule has 2 aromatic rings. The van der Waals surface area contributed by atoms with E-state index in [1.165, 1.54) is 16.9 Å². The lowest BCUT2D eigenvalue weighted by Crippen LogP contribution is -2.50. The summed E-state index contributed by atoms with van der Waals surface area (Å²) in [5.74, 6) is -0.370. The summed E-state index contributed by atoms with van der Waals surface area (Å²) in [5, 5.41) is 5.21. The Balaban J connectivity index is 1.40.